The van der Waals surface area contributed by atoms with Crippen LogP contribution in [0.15, 0.2) is 48.5 Å². The van der Waals surface area contributed by atoms with Crippen LogP contribution in [0, 0.1) is 5.82 Å². The van der Waals surface area contributed by atoms with E-state index in [-0.39, 0.29) is 24.2 Å². The standard InChI is InChI=1S/C20H22FN3O2/c1-20(2)19(26)22-16-9-4-5-10-17(16)24(20)18(25)13-23(3)12-14-7-6-8-15(21)11-14/h4-11H,12-13H2,1-3H3,(H,22,26)/p+1. The maximum Gasteiger partial charge on any atom is 0.283 e. The van der Waals surface area contributed by atoms with Crippen LogP contribution in [-0.2, 0) is 16.1 Å². The molecule has 1 heterocycles. The first kappa shape index (κ1) is 18.1. The van der Waals surface area contributed by atoms with Crippen molar-refractivity contribution in [3.8, 4) is 0 Å². The molecule has 2 aromatic carbocycles. The molecule has 0 aromatic heterocycles. The highest BCUT2D eigenvalue weighted by Gasteiger charge is 2.44. The highest BCUT2D eigenvalue weighted by Crippen LogP contribution is 2.36. The largest absolute Gasteiger partial charge is 0.326 e. The average Bonchev–Trinajstić information content (AvgIpc) is 2.55. The Bertz CT molecular complexity index is 850. The van der Waals surface area contributed by atoms with Crippen LogP contribution < -0.4 is 15.1 Å². The smallest absolute Gasteiger partial charge is 0.283 e. The van der Waals surface area contributed by atoms with Crippen molar-refractivity contribution in [1.29, 1.82) is 0 Å². The molecule has 1 aliphatic rings. The van der Waals surface area contributed by atoms with Crippen LogP contribution in [0.5, 0.6) is 0 Å². The van der Waals surface area contributed by atoms with Crippen molar-refractivity contribution < 1.29 is 18.9 Å². The summed E-state index contributed by atoms with van der Waals surface area (Å²) in [5.41, 5.74) is 1.17. The van der Waals surface area contributed by atoms with Crippen LogP contribution >= 0.6 is 0 Å². The number of quaternary nitrogens is 1. The minimum absolute atomic E-state index is 0.147. The number of hydrogen-bond donors (Lipinski definition) is 2. The number of benzene rings is 2. The van der Waals surface area contributed by atoms with E-state index in [1.807, 2.05) is 31.3 Å². The number of fused-ring (bicyclic) bond motifs is 1. The molecule has 1 atom stereocenters. The number of halogens is 1. The van der Waals surface area contributed by atoms with Crippen molar-refractivity contribution in [2.75, 3.05) is 23.8 Å². The van der Waals surface area contributed by atoms with Gasteiger partial charge in [-0.05, 0) is 38.1 Å². The van der Waals surface area contributed by atoms with Gasteiger partial charge in [0.2, 0.25) is 5.91 Å². The van der Waals surface area contributed by atoms with Crippen molar-refractivity contribution in [1.82, 2.24) is 0 Å². The Morgan fingerprint density at radius 1 is 1.19 bits per heavy atom. The molecule has 2 amide bonds. The monoisotopic (exact) mass is 356 g/mol. The molecule has 0 aliphatic carbocycles. The number of carbonyl (C=O) groups is 2. The minimum Gasteiger partial charge on any atom is -0.326 e. The number of hydrogen-bond acceptors (Lipinski definition) is 2. The minimum atomic E-state index is -0.982. The van der Waals surface area contributed by atoms with E-state index in [1.54, 1.807) is 30.9 Å². The Morgan fingerprint density at radius 3 is 2.65 bits per heavy atom. The lowest BCUT2D eigenvalue weighted by Crippen LogP contribution is -3.09. The second-order valence-corrected chi connectivity index (χ2v) is 7.20. The molecule has 2 aromatic rings. The second-order valence-electron chi connectivity index (χ2n) is 7.20. The Morgan fingerprint density at radius 2 is 1.92 bits per heavy atom. The zero-order chi connectivity index (χ0) is 18.9. The number of nitrogens with one attached hydrogen (secondary N) is 2. The molecule has 0 saturated heterocycles. The Balaban J connectivity index is 1.80. The number of likely N-dealkylation sites (N-methyl/N-ethyl adjacent to an activating group) is 1. The molecule has 0 spiro atoms. The van der Waals surface area contributed by atoms with Crippen LogP contribution in [0.3, 0.4) is 0 Å². The zero-order valence-electron chi connectivity index (χ0n) is 15.2. The van der Waals surface area contributed by atoms with Crippen LogP contribution in [0.2, 0.25) is 0 Å². The average molecular weight is 356 g/mol. The Labute approximate surface area is 152 Å². The molecular formula is C20H23FN3O2+. The van der Waals surface area contributed by atoms with Gasteiger partial charge in [-0.1, -0.05) is 24.3 Å². The van der Waals surface area contributed by atoms with E-state index in [9.17, 15) is 14.0 Å². The van der Waals surface area contributed by atoms with Gasteiger partial charge in [-0.25, -0.2) is 4.39 Å². The topological polar surface area (TPSA) is 53.9 Å². The molecule has 0 fully saturated rings. The van der Waals surface area contributed by atoms with Crippen molar-refractivity contribution >= 4 is 23.2 Å². The van der Waals surface area contributed by atoms with Crippen LogP contribution in [0.1, 0.15) is 19.4 Å². The summed E-state index contributed by atoms with van der Waals surface area (Å²) in [6.07, 6.45) is 0. The van der Waals surface area contributed by atoms with Crippen LogP contribution in [-0.4, -0.2) is 30.9 Å². The highest BCUT2D eigenvalue weighted by molar-refractivity contribution is 6.14. The van der Waals surface area contributed by atoms with Crippen LogP contribution in [0.25, 0.3) is 0 Å². The summed E-state index contributed by atoms with van der Waals surface area (Å²) >= 11 is 0. The maximum atomic E-state index is 13.4. The molecule has 5 nitrogen and oxygen atoms in total. The molecule has 0 bridgehead atoms. The quantitative estimate of drug-likeness (QED) is 0.874. The van der Waals surface area contributed by atoms with E-state index >= 15 is 0 Å². The summed E-state index contributed by atoms with van der Waals surface area (Å²) in [5, 5.41) is 2.85. The van der Waals surface area contributed by atoms with E-state index in [0.717, 1.165) is 10.5 Å². The van der Waals surface area contributed by atoms with Gasteiger partial charge >= 0.3 is 0 Å². The lowest BCUT2D eigenvalue weighted by atomic mass is 9.96. The summed E-state index contributed by atoms with van der Waals surface area (Å²) in [6.45, 7) is 4.18. The van der Waals surface area contributed by atoms with Gasteiger partial charge in [-0.15, -0.1) is 0 Å². The number of nitrogens with zero attached hydrogens (tertiary/aromatic N) is 1. The van der Waals surface area contributed by atoms with E-state index in [1.165, 1.54) is 12.1 Å². The van der Waals surface area contributed by atoms with E-state index in [2.05, 4.69) is 5.32 Å². The van der Waals surface area contributed by atoms with Gasteiger partial charge in [0.1, 0.15) is 17.9 Å². The number of rotatable bonds is 4. The lowest BCUT2D eigenvalue weighted by Gasteiger charge is -2.42. The summed E-state index contributed by atoms with van der Waals surface area (Å²) in [7, 11) is 1.88. The summed E-state index contributed by atoms with van der Waals surface area (Å²) < 4.78 is 13.4. The fourth-order valence-electron chi connectivity index (χ4n) is 3.29. The molecule has 2 N–H and O–H groups in total. The van der Waals surface area contributed by atoms with Gasteiger partial charge in [0.15, 0.2) is 6.54 Å². The van der Waals surface area contributed by atoms with Crippen molar-refractivity contribution in [3.05, 3.63) is 59.9 Å². The normalized spacial score (nSPS) is 16.6. The van der Waals surface area contributed by atoms with Crippen LogP contribution in [0.4, 0.5) is 15.8 Å². The first-order valence-electron chi connectivity index (χ1n) is 8.58. The van der Waals surface area contributed by atoms with Crippen molar-refractivity contribution in [3.63, 3.8) is 0 Å². The predicted molar refractivity (Wildman–Crippen MR) is 98.5 cm³/mol. The molecule has 0 radical (unpaired) electrons. The third-order valence-corrected chi connectivity index (χ3v) is 4.61. The molecule has 6 heteroatoms. The van der Waals surface area contributed by atoms with Crippen molar-refractivity contribution in [2.24, 2.45) is 0 Å². The van der Waals surface area contributed by atoms with Gasteiger partial charge in [0, 0.05) is 5.56 Å². The van der Waals surface area contributed by atoms with E-state index < -0.39 is 5.54 Å². The summed E-state index contributed by atoms with van der Waals surface area (Å²) in [5.74, 6) is -0.650. The molecule has 136 valence electrons. The van der Waals surface area contributed by atoms with Gasteiger partial charge < -0.3 is 10.2 Å². The second kappa shape index (κ2) is 6.88. The molecule has 0 saturated carbocycles. The third kappa shape index (κ3) is 3.46. The first-order chi connectivity index (χ1) is 12.3. The third-order valence-electron chi connectivity index (χ3n) is 4.61. The molecule has 3 rings (SSSR count). The fraction of sp³-hybridized carbons (Fsp3) is 0.300. The predicted octanol–water partition coefficient (Wildman–Crippen LogP) is 1.60. The number of carbonyl (C=O) groups excluding carboxylic acids is 2. The molecule has 1 unspecified atom stereocenters. The zero-order valence-corrected chi connectivity index (χ0v) is 15.2. The van der Waals surface area contributed by atoms with Gasteiger partial charge in [-0.3, -0.25) is 14.5 Å². The van der Waals surface area contributed by atoms with E-state index in [4.69, 9.17) is 0 Å². The highest BCUT2D eigenvalue weighted by atomic mass is 19.1. The molecule has 26 heavy (non-hydrogen) atoms. The summed E-state index contributed by atoms with van der Waals surface area (Å²) in [4.78, 5) is 28.0. The molecular weight excluding hydrogens is 333 g/mol. The van der Waals surface area contributed by atoms with Gasteiger partial charge in [0.25, 0.3) is 5.91 Å². The number of amides is 2. The fourth-order valence-corrected chi connectivity index (χ4v) is 3.29. The Hall–Kier alpha value is -2.73. The summed E-state index contributed by atoms with van der Waals surface area (Å²) in [6, 6.07) is 13.6. The number of para-hydroxylation sites is 2. The van der Waals surface area contributed by atoms with E-state index in [0.29, 0.717) is 17.9 Å². The van der Waals surface area contributed by atoms with Gasteiger partial charge in [0.05, 0.1) is 18.4 Å². The Kier molecular flexibility index (Phi) is 4.78. The van der Waals surface area contributed by atoms with Crippen molar-refractivity contribution in [2.45, 2.75) is 25.9 Å². The SMILES string of the molecule is C[NH+](CC(=O)N1c2ccccc2NC(=O)C1(C)C)Cc1cccc(F)c1. The van der Waals surface area contributed by atoms with Gasteiger partial charge in [-0.2, -0.15) is 0 Å². The first-order valence-corrected chi connectivity index (χ1v) is 8.58. The maximum absolute atomic E-state index is 13.4. The lowest BCUT2D eigenvalue weighted by molar-refractivity contribution is -0.885. The number of anilines is 2. The molecule has 1 aliphatic heterocycles.